The number of aryl methyl sites for hydroxylation is 2. The van der Waals surface area contributed by atoms with Crippen molar-refractivity contribution in [1.82, 2.24) is 19.0 Å². The van der Waals surface area contributed by atoms with Crippen molar-refractivity contribution < 1.29 is 18.0 Å². The second-order valence-corrected chi connectivity index (χ2v) is 9.50. The van der Waals surface area contributed by atoms with Crippen LogP contribution in [0.15, 0.2) is 67.1 Å². The van der Waals surface area contributed by atoms with Crippen LogP contribution in [0.1, 0.15) is 47.7 Å². The Labute approximate surface area is 208 Å². The van der Waals surface area contributed by atoms with E-state index >= 15 is 0 Å². The van der Waals surface area contributed by atoms with Gasteiger partial charge in [-0.25, -0.2) is 4.98 Å². The molecule has 1 aliphatic heterocycles. The summed E-state index contributed by atoms with van der Waals surface area (Å²) in [5, 5.41) is 1.21. The van der Waals surface area contributed by atoms with E-state index in [1.807, 2.05) is 21.6 Å². The van der Waals surface area contributed by atoms with Gasteiger partial charge in [-0.2, -0.15) is 13.2 Å². The number of benzene rings is 2. The summed E-state index contributed by atoms with van der Waals surface area (Å²) in [4.78, 5) is 19.3. The molecule has 0 N–H and O–H groups in total. The molecule has 2 aromatic carbocycles. The summed E-state index contributed by atoms with van der Waals surface area (Å²) in [6.45, 7) is 4.09. The number of hydrogen-bond donors (Lipinski definition) is 0. The summed E-state index contributed by atoms with van der Waals surface area (Å²) in [7, 11) is 0. The molecule has 4 aromatic rings. The summed E-state index contributed by atoms with van der Waals surface area (Å²) >= 11 is 0. The Bertz CT molecular complexity index is 1360. The molecule has 0 atom stereocenters. The number of imidazole rings is 1. The lowest BCUT2D eigenvalue weighted by molar-refractivity contribution is -0.138. The van der Waals surface area contributed by atoms with Crippen LogP contribution in [0.3, 0.4) is 0 Å². The number of rotatable bonds is 6. The third-order valence-electron chi connectivity index (χ3n) is 7.18. The summed E-state index contributed by atoms with van der Waals surface area (Å²) in [5.74, 6) is 1.03. The maximum atomic E-state index is 13.4. The molecule has 1 saturated heterocycles. The third-order valence-corrected chi connectivity index (χ3v) is 7.18. The number of alkyl halides is 3. The van der Waals surface area contributed by atoms with E-state index in [1.165, 1.54) is 23.1 Å². The van der Waals surface area contributed by atoms with Gasteiger partial charge in [0.25, 0.3) is 0 Å². The van der Waals surface area contributed by atoms with Crippen molar-refractivity contribution in [3.8, 4) is 0 Å². The first-order chi connectivity index (χ1) is 17.3. The Balaban J connectivity index is 1.20. The molecule has 5 rings (SSSR count). The van der Waals surface area contributed by atoms with Gasteiger partial charge in [0, 0.05) is 68.0 Å². The number of amides is 1. The maximum absolute atomic E-state index is 13.4. The maximum Gasteiger partial charge on any atom is 0.416 e. The van der Waals surface area contributed by atoms with Gasteiger partial charge in [0.15, 0.2) is 0 Å². The van der Waals surface area contributed by atoms with E-state index in [0.717, 1.165) is 30.2 Å². The van der Waals surface area contributed by atoms with E-state index in [2.05, 4.69) is 34.8 Å². The monoisotopic (exact) mass is 494 g/mol. The number of nitrogens with zero attached hydrogens (tertiary/aromatic N) is 4. The lowest BCUT2D eigenvalue weighted by atomic mass is 9.95. The first-order valence-electron chi connectivity index (χ1n) is 12.3. The molecule has 1 amide bonds. The number of aromatic nitrogens is 3. The lowest BCUT2D eigenvalue weighted by Gasteiger charge is -2.32. The van der Waals surface area contributed by atoms with Crippen LogP contribution in [0.25, 0.3) is 10.9 Å². The summed E-state index contributed by atoms with van der Waals surface area (Å²) in [6, 6.07) is 13.9. The van der Waals surface area contributed by atoms with Crippen molar-refractivity contribution in [3.63, 3.8) is 0 Å². The molecule has 1 aliphatic rings. The zero-order chi connectivity index (χ0) is 25.3. The van der Waals surface area contributed by atoms with Gasteiger partial charge in [0.05, 0.1) is 5.56 Å². The highest BCUT2D eigenvalue weighted by atomic mass is 19.4. The smallest absolute Gasteiger partial charge is 0.347 e. The van der Waals surface area contributed by atoms with E-state index in [-0.39, 0.29) is 23.9 Å². The minimum Gasteiger partial charge on any atom is -0.347 e. The van der Waals surface area contributed by atoms with Crippen LogP contribution in [0.2, 0.25) is 0 Å². The zero-order valence-corrected chi connectivity index (χ0v) is 20.2. The van der Waals surface area contributed by atoms with Crippen molar-refractivity contribution in [2.75, 3.05) is 13.1 Å². The Morgan fingerprint density at radius 3 is 2.53 bits per heavy atom. The lowest BCUT2D eigenvalue weighted by Crippen LogP contribution is -2.38. The van der Waals surface area contributed by atoms with Gasteiger partial charge in [-0.05, 0) is 43.0 Å². The number of halogens is 3. The number of para-hydroxylation sites is 1. The highest BCUT2D eigenvalue weighted by molar-refractivity contribution is 5.84. The number of carbonyl (C=O) groups excluding carboxylic acids is 1. The van der Waals surface area contributed by atoms with Gasteiger partial charge in [-0.3, -0.25) is 4.79 Å². The number of fused-ring (bicyclic) bond motifs is 1. The normalized spacial score (nSPS) is 15.1. The third kappa shape index (κ3) is 4.90. The van der Waals surface area contributed by atoms with Gasteiger partial charge in [-0.15, -0.1) is 0 Å². The van der Waals surface area contributed by atoms with Gasteiger partial charge in [0.2, 0.25) is 5.91 Å². The fourth-order valence-corrected chi connectivity index (χ4v) is 5.31. The summed E-state index contributed by atoms with van der Waals surface area (Å²) in [5.41, 5.74) is 1.95. The van der Waals surface area contributed by atoms with E-state index in [1.54, 1.807) is 18.5 Å². The number of likely N-dealkylation sites (tertiary alicyclic amines) is 1. The summed E-state index contributed by atoms with van der Waals surface area (Å²) in [6.07, 6.45) is 3.02. The molecule has 36 heavy (non-hydrogen) atoms. The van der Waals surface area contributed by atoms with Crippen LogP contribution >= 0.6 is 0 Å². The first-order valence-corrected chi connectivity index (χ1v) is 12.3. The molecule has 3 heterocycles. The highest BCUT2D eigenvalue weighted by Crippen LogP contribution is 2.33. The van der Waals surface area contributed by atoms with Gasteiger partial charge in [0.1, 0.15) is 5.82 Å². The fourth-order valence-electron chi connectivity index (χ4n) is 5.31. The number of carbonyl (C=O) groups is 1. The fraction of sp³-hybridized carbons (Fsp3) is 0.357. The Hall–Kier alpha value is -3.55. The quantitative estimate of drug-likeness (QED) is 0.330. The SMILES string of the molecule is Cc1cn(CCC(=O)N2CCC(c3nccn3Cc3ccccc3C(F)(F)F)CC2)c2ccccc12. The molecule has 0 spiro atoms. The molecule has 188 valence electrons. The first kappa shape index (κ1) is 24.2. The molecule has 2 aromatic heterocycles. The predicted octanol–water partition coefficient (Wildman–Crippen LogP) is 6.01. The minimum atomic E-state index is -4.39. The van der Waals surface area contributed by atoms with Crippen molar-refractivity contribution in [3.05, 3.63) is 89.6 Å². The second kappa shape index (κ2) is 9.84. The van der Waals surface area contributed by atoms with Gasteiger partial charge < -0.3 is 14.0 Å². The van der Waals surface area contributed by atoms with Crippen LogP contribution in [0.5, 0.6) is 0 Å². The van der Waals surface area contributed by atoms with Crippen LogP contribution in [0, 0.1) is 6.92 Å². The molecule has 8 heteroatoms. The van der Waals surface area contributed by atoms with Crippen LogP contribution in [-0.2, 0) is 24.1 Å². The van der Waals surface area contributed by atoms with Crippen LogP contribution in [0.4, 0.5) is 13.2 Å². The highest BCUT2D eigenvalue weighted by Gasteiger charge is 2.33. The molecule has 5 nitrogen and oxygen atoms in total. The van der Waals surface area contributed by atoms with Crippen molar-refractivity contribution in [1.29, 1.82) is 0 Å². The van der Waals surface area contributed by atoms with Gasteiger partial charge >= 0.3 is 6.18 Å². The summed E-state index contributed by atoms with van der Waals surface area (Å²) < 4.78 is 44.3. The number of piperidine rings is 1. The average Bonchev–Trinajstić information content (AvgIpc) is 3.46. The topological polar surface area (TPSA) is 43.1 Å². The van der Waals surface area contributed by atoms with E-state index in [9.17, 15) is 18.0 Å². The average molecular weight is 495 g/mol. The predicted molar refractivity (Wildman–Crippen MR) is 133 cm³/mol. The standard InChI is InChI=1S/C28H29F3N4O/c1-20-18-34(25-9-5-3-7-23(20)25)16-12-26(36)33-14-10-21(11-15-33)27-32-13-17-35(27)19-22-6-2-4-8-24(22)28(29,30)31/h2-9,13,17-18,21H,10-12,14-16,19H2,1H3. The van der Waals surface area contributed by atoms with Crippen molar-refractivity contribution in [2.45, 2.75) is 51.4 Å². The molecule has 1 fully saturated rings. The molecule has 0 bridgehead atoms. The molecule has 0 radical (unpaired) electrons. The Morgan fingerprint density at radius 1 is 1.03 bits per heavy atom. The molecule has 0 aliphatic carbocycles. The molecule has 0 unspecified atom stereocenters. The zero-order valence-electron chi connectivity index (χ0n) is 20.2. The Kier molecular flexibility index (Phi) is 6.60. The number of hydrogen-bond acceptors (Lipinski definition) is 2. The minimum absolute atomic E-state index is 0.109. The van der Waals surface area contributed by atoms with E-state index < -0.39 is 11.7 Å². The van der Waals surface area contributed by atoms with E-state index in [0.29, 0.717) is 26.1 Å². The Morgan fingerprint density at radius 2 is 1.75 bits per heavy atom. The second-order valence-electron chi connectivity index (χ2n) is 9.50. The molecular weight excluding hydrogens is 465 g/mol. The molecular formula is C28H29F3N4O. The van der Waals surface area contributed by atoms with Crippen molar-refractivity contribution >= 4 is 16.8 Å². The van der Waals surface area contributed by atoms with E-state index in [4.69, 9.17) is 0 Å². The largest absolute Gasteiger partial charge is 0.416 e. The van der Waals surface area contributed by atoms with Crippen molar-refractivity contribution in [2.24, 2.45) is 0 Å². The van der Waals surface area contributed by atoms with Crippen LogP contribution in [-0.4, -0.2) is 38.0 Å². The van der Waals surface area contributed by atoms with Crippen LogP contribution < -0.4 is 0 Å². The van der Waals surface area contributed by atoms with Gasteiger partial charge in [-0.1, -0.05) is 36.4 Å². The molecule has 0 saturated carbocycles.